The van der Waals surface area contributed by atoms with E-state index < -0.39 is 12.1 Å². The van der Waals surface area contributed by atoms with Gasteiger partial charge in [0.25, 0.3) is 0 Å². The summed E-state index contributed by atoms with van der Waals surface area (Å²) in [5, 5.41) is 14.8. The molecular weight excluding hydrogens is 378 g/mol. The van der Waals surface area contributed by atoms with Crippen LogP contribution in [0.5, 0.6) is 0 Å². The van der Waals surface area contributed by atoms with Crippen molar-refractivity contribution >= 4 is 29.4 Å². The number of rotatable bonds is 11. The average molecular weight is 412 g/mol. The molecule has 0 aromatic carbocycles. The van der Waals surface area contributed by atoms with Gasteiger partial charge in [0, 0.05) is 17.7 Å². The molecule has 0 bridgehead atoms. The van der Waals surface area contributed by atoms with Gasteiger partial charge in [-0.05, 0) is 37.1 Å². The van der Waals surface area contributed by atoms with E-state index in [2.05, 4.69) is 10.3 Å². The minimum atomic E-state index is -0.562. The van der Waals surface area contributed by atoms with Gasteiger partial charge in [0.15, 0.2) is 0 Å². The Kier molecular flexibility index (Phi) is 10.6. The number of thioether (sulfide) groups is 2. The number of aliphatic hydroxyl groups is 1. The fourth-order valence-corrected chi connectivity index (χ4v) is 4.95. The molecular formula is C20H33N3O2S2. The smallest absolute Gasteiger partial charge is 0.238 e. The summed E-state index contributed by atoms with van der Waals surface area (Å²) in [5.41, 5.74) is 5.96. The number of nitrogens with one attached hydrogen (secondary N) is 1. The number of hydrogen-bond donors (Lipinski definition) is 3. The molecule has 1 saturated carbocycles. The third-order valence-electron chi connectivity index (χ3n) is 5.09. The molecule has 5 nitrogen and oxygen atoms in total. The first kappa shape index (κ1) is 22.5. The highest BCUT2D eigenvalue weighted by Gasteiger charge is 2.27. The standard InChI is InChI=1S/C20H33N3O2S2/c1-26-14-16(21)20(25)23-17(13-15-7-3-2-4-8-15)18(24)10-12-27-19-9-5-6-11-22-19/h5-6,9,11,15-18,24H,2-4,7-8,10,12-14,21H2,1H3,(H,23,25)/t16-,17-,18-/m0/s1. The van der Waals surface area contributed by atoms with Crippen molar-refractivity contribution in [2.75, 3.05) is 17.8 Å². The van der Waals surface area contributed by atoms with Crippen molar-refractivity contribution in [3.63, 3.8) is 0 Å². The Labute approximate surface area is 171 Å². The lowest BCUT2D eigenvalue weighted by Crippen LogP contribution is -2.51. The number of carbonyl (C=O) groups excluding carboxylic acids is 1. The molecule has 0 spiro atoms. The SMILES string of the molecule is CSC[C@H](N)C(=O)N[C@@H](CC1CCCCC1)[C@@H](O)CCSc1ccccn1. The predicted molar refractivity (Wildman–Crippen MR) is 115 cm³/mol. The molecule has 1 amide bonds. The molecule has 1 heterocycles. The molecule has 27 heavy (non-hydrogen) atoms. The van der Waals surface area contributed by atoms with E-state index in [-0.39, 0.29) is 11.9 Å². The van der Waals surface area contributed by atoms with Crippen LogP contribution in [0.3, 0.4) is 0 Å². The summed E-state index contributed by atoms with van der Waals surface area (Å²) >= 11 is 3.20. The van der Waals surface area contributed by atoms with Crippen LogP contribution in [-0.2, 0) is 4.79 Å². The second-order valence-electron chi connectivity index (χ2n) is 7.29. The molecule has 1 aromatic heterocycles. The van der Waals surface area contributed by atoms with E-state index >= 15 is 0 Å². The second kappa shape index (κ2) is 12.6. The molecule has 4 N–H and O–H groups in total. The van der Waals surface area contributed by atoms with E-state index in [1.54, 1.807) is 29.7 Å². The number of nitrogens with two attached hydrogens (primary N) is 1. The number of nitrogens with zero attached hydrogens (tertiary/aromatic N) is 1. The molecule has 1 aromatic rings. The monoisotopic (exact) mass is 411 g/mol. The van der Waals surface area contributed by atoms with Crippen molar-refractivity contribution in [1.29, 1.82) is 0 Å². The molecule has 3 atom stereocenters. The number of aromatic nitrogens is 1. The number of hydrogen-bond acceptors (Lipinski definition) is 6. The topological polar surface area (TPSA) is 88.2 Å². The van der Waals surface area contributed by atoms with Gasteiger partial charge < -0.3 is 16.2 Å². The predicted octanol–water partition coefficient (Wildman–Crippen LogP) is 3.07. The van der Waals surface area contributed by atoms with Crippen molar-refractivity contribution < 1.29 is 9.90 Å². The van der Waals surface area contributed by atoms with Crippen LogP contribution in [-0.4, -0.2) is 51.9 Å². The second-order valence-corrected chi connectivity index (χ2v) is 9.31. The van der Waals surface area contributed by atoms with Crippen molar-refractivity contribution in [2.45, 2.75) is 68.2 Å². The Hall–Kier alpha value is -0.760. The Morgan fingerprint density at radius 2 is 2.15 bits per heavy atom. The van der Waals surface area contributed by atoms with Crippen LogP contribution >= 0.6 is 23.5 Å². The first-order chi connectivity index (χ1) is 13.1. The van der Waals surface area contributed by atoms with Gasteiger partial charge >= 0.3 is 0 Å². The van der Waals surface area contributed by atoms with Crippen LogP contribution in [0.15, 0.2) is 29.4 Å². The molecule has 1 aliphatic rings. The Bertz CT molecular complexity index is 541. The minimum absolute atomic E-state index is 0.151. The molecule has 0 aliphatic heterocycles. The van der Waals surface area contributed by atoms with Gasteiger partial charge in [0.2, 0.25) is 5.91 Å². The van der Waals surface area contributed by atoms with Crippen molar-refractivity contribution in [2.24, 2.45) is 11.7 Å². The highest BCUT2D eigenvalue weighted by Crippen LogP contribution is 2.29. The third kappa shape index (κ3) is 8.42. The maximum atomic E-state index is 12.4. The first-order valence-electron chi connectivity index (χ1n) is 9.87. The molecule has 0 saturated heterocycles. The zero-order chi connectivity index (χ0) is 19.5. The van der Waals surface area contributed by atoms with E-state index in [9.17, 15) is 9.90 Å². The van der Waals surface area contributed by atoms with E-state index in [0.29, 0.717) is 18.1 Å². The summed E-state index contributed by atoms with van der Waals surface area (Å²) in [7, 11) is 0. The lowest BCUT2D eigenvalue weighted by atomic mass is 9.83. The van der Waals surface area contributed by atoms with Gasteiger partial charge in [-0.3, -0.25) is 4.79 Å². The summed E-state index contributed by atoms with van der Waals surface area (Å²) in [6, 6.07) is 5.08. The number of aliphatic hydroxyl groups excluding tert-OH is 1. The van der Waals surface area contributed by atoms with Crippen LogP contribution < -0.4 is 11.1 Å². The highest BCUT2D eigenvalue weighted by molar-refractivity contribution is 7.99. The number of amides is 1. The maximum Gasteiger partial charge on any atom is 0.238 e. The summed E-state index contributed by atoms with van der Waals surface area (Å²) in [5.74, 6) is 1.79. The van der Waals surface area contributed by atoms with Gasteiger partial charge in [-0.1, -0.05) is 38.2 Å². The molecule has 0 radical (unpaired) electrons. The van der Waals surface area contributed by atoms with E-state index in [4.69, 9.17) is 5.73 Å². The fourth-order valence-electron chi connectivity index (χ4n) is 3.56. The third-order valence-corrected chi connectivity index (χ3v) is 6.76. The number of carbonyl (C=O) groups is 1. The number of pyridine rings is 1. The summed E-state index contributed by atoms with van der Waals surface area (Å²) in [6.45, 7) is 0. The van der Waals surface area contributed by atoms with Gasteiger partial charge in [0.1, 0.15) is 0 Å². The Morgan fingerprint density at radius 3 is 2.81 bits per heavy atom. The average Bonchev–Trinajstić information content (AvgIpc) is 2.69. The normalized spacial score (nSPS) is 18.6. The van der Waals surface area contributed by atoms with Crippen molar-refractivity contribution in [3.05, 3.63) is 24.4 Å². The van der Waals surface area contributed by atoms with E-state index in [1.807, 2.05) is 24.5 Å². The zero-order valence-corrected chi connectivity index (χ0v) is 17.8. The fraction of sp³-hybridized carbons (Fsp3) is 0.700. The van der Waals surface area contributed by atoms with Gasteiger partial charge in [-0.15, -0.1) is 11.8 Å². The van der Waals surface area contributed by atoms with Gasteiger partial charge in [0.05, 0.1) is 23.2 Å². The van der Waals surface area contributed by atoms with Crippen LogP contribution in [0.25, 0.3) is 0 Å². The highest BCUT2D eigenvalue weighted by atomic mass is 32.2. The lowest BCUT2D eigenvalue weighted by Gasteiger charge is -2.31. The Balaban J connectivity index is 1.88. The molecule has 0 unspecified atom stereocenters. The summed E-state index contributed by atoms with van der Waals surface area (Å²) in [6.07, 6.45) is 10.8. The molecule has 2 rings (SSSR count). The van der Waals surface area contributed by atoms with Gasteiger partial charge in [-0.2, -0.15) is 11.8 Å². The first-order valence-corrected chi connectivity index (χ1v) is 12.2. The van der Waals surface area contributed by atoms with E-state index in [1.165, 1.54) is 32.1 Å². The van der Waals surface area contributed by atoms with Crippen LogP contribution in [0.2, 0.25) is 0 Å². The van der Waals surface area contributed by atoms with Crippen LogP contribution in [0.4, 0.5) is 0 Å². The summed E-state index contributed by atoms with van der Waals surface area (Å²) in [4.78, 5) is 16.7. The molecule has 7 heteroatoms. The zero-order valence-electron chi connectivity index (χ0n) is 16.2. The maximum absolute atomic E-state index is 12.4. The molecule has 152 valence electrons. The molecule has 1 fully saturated rings. The van der Waals surface area contributed by atoms with E-state index in [0.717, 1.165) is 17.2 Å². The summed E-state index contributed by atoms with van der Waals surface area (Å²) < 4.78 is 0. The van der Waals surface area contributed by atoms with Crippen LogP contribution in [0, 0.1) is 5.92 Å². The van der Waals surface area contributed by atoms with Crippen molar-refractivity contribution in [3.8, 4) is 0 Å². The lowest BCUT2D eigenvalue weighted by molar-refractivity contribution is -0.123. The van der Waals surface area contributed by atoms with Gasteiger partial charge in [-0.25, -0.2) is 4.98 Å². The Morgan fingerprint density at radius 1 is 1.37 bits per heavy atom. The van der Waals surface area contributed by atoms with Crippen LogP contribution in [0.1, 0.15) is 44.9 Å². The quantitative estimate of drug-likeness (QED) is 0.485. The minimum Gasteiger partial charge on any atom is -0.391 e. The largest absolute Gasteiger partial charge is 0.391 e. The van der Waals surface area contributed by atoms with Crippen molar-refractivity contribution in [1.82, 2.24) is 10.3 Å². The molecule has 1 aliphatic carbocycles.